The van der Waals surface area contributed by atoms with E-state index in [4.69, 9.17) is 0 Å². The van der Waals surface area contributed by atoms with Gasteiger partial charge in [-0.15, -0.1) is 0 Å². The summed E-state index contributed by atoms with van der Waals surface area (Å²) in [5.74, 6) is 0.666. The molecule has 3 rings (SSSR count). The summed E-state index contributed by atoms with van der Waals surface area (Å²) in [4.78, 5) is 19.2. The number of nitrogens with one attached hydrogen (secondary N) is 2. The van der Waals surface area contributed by atoms with Crippen LogP contribution in [-0.4, -0.2) is 47.5 Å². The molecule has 126 valence electrons. The smallest absolute Gasteiger partial charge is 0.237 e. The van der Waals surface area contributed by atoms with E-state index >= 15 is 0 Å². The predicted molar refractivity (Wildman–Crippen MR) is 90.9 cm³/mol. The van der Waals surface area contributed by atoms with Gasteiger partial charge >= 0.3 is 0 Å². The van der Waals surface area contributed by atoms with Gasteiger partial charge < -0.3 is 10.6 Å². The summed E-state index contributed by atoms with van der Waals surface area (Å²) in [5.41, 5.74) is 1.12. The van der Waals surface area contributed by atoms with Crippen LogP contribution in [0.3, 0.4) is 0 Å². The first-order valence-corrected chi connectivity index (χ1v) is 8.88. The van der Waals surface area contributed by atoms with Crippen LogP contribution in [0.5, 0.6) is 0 Å². The van der Waals surface area contributed by atoms with E-state index in [1.54, 1.807) is 0 Å². The molecule has 5 nitrogen and oxygen atoms in total. The lowest BCUT2D eigenvalue weighted by atomic mass is 9.93. The van der Waals surface area contributed by atoms with Crippen molar-refractivity contribution in [1.82, 2.24) is 20.5 Å². The SMILES string of the molecule is C[C@H]1CN(Cc2ccccn2)CC[C@H]1NC(=O)[C@@H]1CCCCN1. The zero-order chi connectivity index (χ0) is 16.1. The first kappa shape index (κ1) is 16.4. The molecule has 0 aliphatic carbocycles. The number of nitrogens with zero attached hydrogens (tertiary/aromatic N) is 2. The van der Waals surface area contributed by atoms with Crippen molar-refractivity contribution in [2.45, 2.75) is 51.2 Å². The average Bonchev–Trinajstić information content (AvgIpc) is 2.59. The van der Waals surface area contributed by atoms with Crippen molar-refractivity contribution < 1.29 is 4.79 Å². The number of carbonyl (C=O) groups is 1. The lowest BCUT2D eigenvalue weighted by Gasteiger charge is -2.38. The van der Waals surface area contributed by atoms with E-state index in [1.165, 1.54) is 6.42 Å². The molecule has 2 saturated heterocycles. The normalized spacial score (nSPS) is 29.2. The lowest BCUT2D eigenvalue weighted by Crippen LogP contribution is -2.54. The maximum Gasteiger partial charge on any atom is 0.237 e. The Morgan fingerprint density at radius 3 is 3.00 bits per heavy atom. The maximum absolute atomic E-state index is 12.4. The topological polar surface area (TPSA) is 57.3 Å². The molecular formula is C18H28N4O. The van der Waals surface area contributed by atoms with Gasteiger partial charge in [0.05, 0.1) is 11.7 Å². The number of hydrogen-bond acceptors (Lipinski definition) is 4. The number of likely N-dealkylation sites (tertiary alicyclic amines) is 1. The fraction of sp³-hybridized carbons (Fsp3) is 0.667. The number of aromatic nitrogens is 1. The molecule has 1 amide bonds. The van der Waals surface area contributed by atoms with Crippen LogP contribution < -0.4 is 10.6 Å². The molecule has 0 unspecified atom stereocenters. The predicted octanol–water partition coefficient (Wildman–Crippen LogP) is 1.55. The van der Waals surface area contributed by atoms with Crippen molar-refractivity contribution in [3.63, 3.8) is 0 Å². The molecule has 3 heterocycles. The number of piperidine rings is 2. The summed E-state index contributed by atoms with van der Waals surface area (Å²) in [6, 6.07) is 6.38. The largest absolute Gasteiger partial charge is 0.352 e. The highest BCUT2D eigenvalue weighted by atomic mass is 16.2. The Labute approximate surface area is 138 Å². The quantitative estimate of drug-likeness (QED) is 0.885. The van der Waals surface area contributed by atoms with Gasteiger partial charge in [0.1, 0.15) is 0 Å². The Morgan fingerprint density at radius 2 is 2.30 bits per heavy atom. The van der Waals surface area contributed by atoms with Crippen molar-refractivity contribution in [1.29, 1.82) is 0 Å². The number of hydrogen-bond donors (Lipinski definition) is 2. The van der Waals surface area contributed by atoms with E-state index in [-0.39, 0.29) is 11.9 Å². The zero-order valence-electron chi connectivity index (χ0n) is 14.0. The number of rotatable bonds is 4. The first-order chi connectivity index (χ1) is 11.2. The number of pyridine rings is 1. The zero-order valence-corrected chi connectivity index (χ0v) is 14.0. The molecule has 3 atom stereocenters. The van der Waals surface area contributed by atoms with E-state index < -0.39 is 0 Å². The summed E-state index contributed by atoms with van der Waals surface area (Å²) in [6.45, 7) is 6.14. The maximum atomic E-state index is 12.4. The Morgan fingerprint density at radius 1 is 1.39 bits per heavy atom. The van der Waals surface area contributed by atoms with Crippen LogP contribution in [0.1, 0.15) is 38.3 Å². The van der Waals surface area contributed by atoms with Crippen LogP contribution in [0.15, 0.2) is 24.4 Å². The van der Waals surface area contributed by atoms with Crippen LogP contribution in [-0.2, 0) is 11.3 Å². The average molecular weight is 316 g/mol. The van der Waals surface area contributed by atoms with E-state index in [1.807, 2.05) is 18.3 Å². The molecular weight excluding hydrogens is 288 g/mol. The summed E-state index contributed by atoms with van der Waals surface area (Å²) in [7, 11) is 0. The molecule has 0 bridgehead atoms. The second kappa shape index (κ2) is 7.88. The van der Waals surface area contributed by atoms with Gasteiger partial charge in [0.15, 0.2) is 0 Å². The monoisotopic (exact) mass is 316 g/mol. The molecule has 1 aromatic rings. The summed E-state index contributed by atoms with van der Waals surface area (Å²) in [5, 5.41) is 6.61. The van der Waals surface area contributed by atoms with Crippen molar-refractivity contribution >= 4 is 5.91 Å². The fourth-order valence-corrected chi connectivity index (χ4v) is 3.67. The van der Waals surface area contributed by atoms with E-state index in [9.17, 15) is 4.79 Å². The van der Waals surface area contributed by atoms with Crippen LogP contribution >= 0.6 is 0 Å². The molecule has 5 heteroatoms. The lowest BCUT2D eigenvalue weighted by molar-refractivity contribution is -0.125. The van der Waals surface area contributed by atoms with Gasteiger partial charge in [-0.2, -0.15) is 0 Å². The number of amides is 1. The summed E-state index contributed by atoms with van der Waals surface area (Å²) >= 11 is 0. The van der Waals surface area contributed by atoms with Crippen LogP contribution in [0, 0.1) is 5.92 Å². The van der Waals surface area contributed by atoms with Gasteiger partial charge in [-0.05, 0) is 43.9 Å². The molecule has 1 aromatic heterocycles. The highest BCUT2D eigenvalue weighted by molar-refractivity contribution is 5.82. The molecule has 0 aromatic carbocycles. The fourth-order valence-electron chi connectivity index (χ4n) is 3.67. The van der Waals surface area contributed by atoms with Gasteiger partial charge in [-0.3, -0.25) is 14.7 Å². The third kappa shape index (κ3) is 4.52. The molecule has 2 fully saturated rings. The van der Waals surface area contributed by atoms with Crippen LogP contribution in [0.2, 0.25) is 0 Å². The summed E-state index contributed by atoms with van der Waals surface area (Å²) in [6.07, 6.45) is 6.18. The third-order valence-corrected chi connectivity index (χ3v) is 5.06. The highest BCUT2D eigenvalue weighted by Gasteiger charge is 2.29. The van der Waals surface area contributed by atoms with Gasteiger partial charge in [-0.25, -0.2) is 0 Å². The Balaban J connectivity index is 1.47. The molecule has 0 saturated carbocycles. The van der Waals surface area contributed by atoms with Gasteiger partial charge in [0, 0.05) is 31.9 Å². The molecule has 0 spiro atoms. The van der Waals surface area contributed by atoms with Crippen LogP contribution in [0.4, 0.5) is 0 Å². The molecule has 2 aliphatic rings. The van der Waals surface area contributed by atoms with Crippen molar-refractivity contribution in [3.8, 4) is 0 Å². The Hall–Kier alpha value is -1.46. The molecule has 2 aliphatic heterocycles. The molecule has 0 radical (unpaired) electrons. The minimum atomic E-state index is 0.0162. The standard InChI is InChI=1S/C18H28N4O/c1-14-12-22(13-15-6-2-4-9-19-15)11-8-16(14)21-18(23)17-7-3-5-10-20-17/h2,4,6,9,14,16-17,20H,3,5,7-8,10-13H2,1H3,(H,21,23)/t14-,16+,17-/m0/s1. The second-order valence-electron chi connectivity index (χ2n) is 6.94. The Kier molecular flexibility index (Phi) is 5.62. The van der Waals surface area contributed by atoms with Crippen LogP contribution in [0.25, 0.3) is 0 Å². The Bertz CT molecular complexity index is 501. The van der Waals surface area contributed by atoms with Crippen molar-refractivity contribution in [2.24, 2.45) is 5.92 Å². The van der Waals surface area contributed by atoms with Crippen molar-refractivity contribution in [3.05, 3.63) is 30.1 Å². The minimum Gasteiger partial charge on any atom is -0.352 e. The van der Waals surface area contributed by atoms with Gasteiger partial charge in [0.25, 0.3) is 0 Å². The summed E-state index contributed by atoms with van der Waals surface area (Å²) < 4.78 is 0. The molecule has 2 N–H and O–H groups in total. The van der Waals surface area contributed by atoms with E-state index in [0.29, 0.717) is 12.0 Å². The van der Waals surface area contributed by atoms with Gasteiger partial charge in [-0.1, -0.05) is 19.4 Å². The van der Waals surface area contributed by atoms with E-state index in [0.717, 1.165) is 51.1 Å². The minimum absolute atomic E-state index is 0.0162. The molecule has 23 heavy (non-hydrogen) atoms. The highest BCUT2D eigenvalue weighted by Crippen LogP contribution is 2.19. The first-order valence-electron chi connectivity index (χ1n) is 8.88. The number of carbonyl (C=O) groups excluding carboxylic acids is 1. The van der Waals surface area contributed by atoms with Gasteiger partial charge in [0.2, 0.25) is 5.91 Å². The van der Waals surface area contributed by atoms with E-state index in [2.05, 4.69) is 33.5 Å². The van der Waals surface area contributed by atoms with Crippen molar-refractivity contribution in [2.75, 3.05) is 19.6 Å². The third-order valence-electron chi connectivity index (χ3n) is 5.06. The second-order valence-corrected chi connectivity index (χ2v) is 6.94.